The van der Waals surface area contributed by atoms with E-state index in [1.807, 2.05) is 0 Å². The van der Waals surface area contributed by atoms with Gasteiger partial charge >= 0.3 is 12.1 Å². The third-order valence-electron chi connectivity index (χ3n) is 4.05. The number of carbonyl (C=O) groups is 2. The first-order valence-electron chi connectivity index (χ1n) is 8.78. The van der Waals surface area contributed by atoms with Crippen LogP contribution in [0.4, 0.5) is 18.9 Å². The van der Waals surface area contributed by atoms with E-state index in [1.165, 1.54) is 35.2 Å². The Hall–Kier alpha value is -3.56. The molecule has 2 aromatic carbocycles. The lowest BCUT2D eigenvalue weighted by Crippen LogP contribution is -2.43. The number of carbonyl (C=O) groups excluding carboxylic acids is 2. The van der Waals surface area contributed by atoms with Crippen molar-refractivity contribution in [2.45, 2.75) is 6.18 Å². The van der Waals surface area contributed by atoms with E-state index in [1.54, 1.807) is 32.3 Å². The molecule has 0 aliphatic carbocycles. The van der Waals surface area contributed by atoms with Crippen molar-refractivity contribution >= 4 is 23.3 Å². The second-order valence-corrected chi connectivity index (χ2v) is 6.49. The molecule has 0 bridgehead atoms. The molecule has 160 valence electrons. The molecular formula is C20H21F3N4O3. The second-order valence-electron chi connectivity index (χ2n) is 6.49. The first-order chi connectivity index (χ1) is 14.0. The smallest absolute Gasteiger partial charge is 0.471 e. The summed E-state index contributed by atoms with van der Waals surface area (Å²) in [4.78, 5) is 25.7. The Morgan fingerprint density at radius 3 is 2.23 bits per heavy atom. The number of nitrogens with zero attached hydrogens (tertiary/aromatic N) is 2. The number of anilines is 1. The molecule has 0 saturated heterocycles. The summed E-state index contributed by atoms with van der Waals surface area (Å²) in [6.07, 6.45) is -5.08. The zero-order chi connectivity index (χ0) is 22.5. The van der Waals surface area contributed by atoms with Gasteiger partial charge in [0.2, 0.25) is 0 Å². The molecule has 0 radical (unpaired) electrons. The Balaban J connectivity index is 2.18. The lowest BCUT2D eigenvalue weighted by Gasteiger charge is -2.24. The molecule has 0 aliphatic rings. The minimum absolute atomic E-state index is 0.0197. The van der Waals surface area contributed by atoms with Crippen LogP contribution in [0.5, 0.6) is 5.75 Å². The molecule has 0 saturated carbocycles. The van der Waals surface area contributed by atoms with Crippen LogP contribution >= 0.6 is 0 Å². The van der Waals surface area contributed by atoms with Gasteiger partial charge < -0.3 is 20.3 Å². The summed E-state index contributed by atoms with van der Waals surface area (Å²) >= 11 is 0. The molecule has 0 aliphatic heterocycles. The summed E-state index contributed by atoms with van der Waals surface area (Å²) in [5.41, 5.74) is 6.06. The Morgan fingerprint density at radius 2 is 1.70 bits per heavy atom. The Morgan fingerprint density at radius 1 is 1.07 bits per heavy atom. The summed E-state index contributed by atoms with van der Waals surface area (Å²) in [5.74, 6) is -2.24. The van der Waals surface area contributed by atoms with Crippen LogP contribution in [0, 0.1) is 5.41 Å². The molecule has 0 unspecified atom stereocenters. The lowest BCUT2D eigenvalue weighted by atomic mass is 10.1. The number of ether oxygens (including phenoxy) is 1. The van der Waals surface area contributed by atoms with E-state index in [0.717, 1.165) is 0 Å². The highest BCUT2D eigenvalue weighted by Gasteiger charge is 2.43. The highest BCUT2D eigenvalue weighted by Crippen LogP contribution is 2.24. The van der Waals surface area contributed by atoms with Gasteiger partial charge in [-0.05, 0) is 36.4 Å². The van der Waals surface area contributed by atoms with Crippen LogP contribution in [-0.4, -0.2) is 56.0 Å². The van der Waals surface area contributed by atoms with Gasteiger partial charge in [0.15, 0.2) is 0 Å². The average Bonchev–Trinajstić information content (AvgIpc) is 2.70. The Kier molecular flexibility index (Phi) is 7.04. The fourth-order valence-electron chi connectivity index (χ4n) is 2.55. The van der Waals surface area contributed by atoms with E-state index in [0.29, 0.717) is 16.2 Å². The summed E-state index contributed by atoms with van der Waals surface area (Å²) in [6, 6.07) is 11.5. The van der Waals surface area contributed by atoms with Gasteiger partial charge in [-0.25, -0.2) is 0 Å². The SMILES string of the molecule is CN(C)C(=O)c1ccc(N(CCOc2cccc(C(=N)N)c2)C(=O)C(F)(F)F)cc1. The molecule has 2 rings (SSSR count). The fraction of sp³-hybridized carbons (Fsp3) is 0.250. The number of alkyl halides is 3. The molecule has 0 spiro atoms. The van der Waals surface area contributed by atoms with E-state index < -0.39 is 12.1 Å². The zero-order valence-electron chi connectivity index (χ0n) is 16.4. The second kappa shape index (κ2) is 9.29. The van der Waals surface area contributed by atoms with E-state index in [-0.39, 0.29) is 36.1 Å². The van der Waals surface area contributed by atoms with E-state index in [4.69, 9.17) is 15.9 Å². The predicted octanol–water partition coefficient (Wildman–Crippen LogP) is 2.65. The topological polar surface area (TPSA) is 99.7 Å². The van der Waals surface area contributed by atoms with Crippen molar-refractivity contribution in [2.24, 2.45) is 5.73 Å². The number of hydrogen-bond donors (Lipinski definition) is 2. The molecule has 2 aromatic rings. The zero-order valence-corrected chi connectivity index (χ0v) is 16.4. The molecule has 0 atom stereocenters. The molecule has 3 N–H and O–H groups in total. The maximum Gasteiger partial charge on any atom is 0.471 e. The number of rotatable bonds is 7. The van der Waals surface area contributed by atoms with Crippen molar-refractivity contribution in [2.75, 3.05) is 32.1 Å². The van der Waals surface area contributed by atoms with Crippen molar-refractivity contribution in [3.8, 4) is 5.75 Å². The first kappa shape index (κ1) is 22.7. The van der Waals surface area contributed by atoms with E-state index in [9.17, 15) is 22.8 Å². The summed E-state index contributed by atoms with van der Waals surface area (Å²) < 4.78 is 44.6. The largest absolute Gasteiger partial charge is 0.492 e. The summed E-state index contributed by atoms with van der Waals surface area (Å²) in [5, 5.41) is 7.41. The van der Waals surface area contributed by atoms with Crippen LogP contribution in [0.1, 0.15) is 15.9 Å². The van der Waals surface area contributed by atoms with Gasteiger partial charge in [-0.2, -0.15) is 13.2 Å². The molecular weight excluding hydrogens is 401 g/mol. The van der Waals surface area contributed by atoms with Crippen LogP contribution in [0.25, 0.3) is 0 Å². The van der Waals surface area contributed by atoms with Crippen molar-refractivity contribution < 1.29 is 27.5 Å². The first-order valence-corrected chi connectivity index (χ1v) is 8.78. The maximum absolute atomic E-state index is 13.1. The van der Waals surface area contributed by atoms with Gasteiger partial charge in [0.05, 0.1) is 6.54 Å². The minimum atomic E-state index is -5.08. The molecule has 2 amide bonds. The minimum Gasteiger partial charge on any atom is -0.492 e. The van der Waals surface area contributed by atoms with Gasteiger partial charge in [0.1, 0.15) is 18.2 Å². The number of hydrogen-bond acceptors (Lipinski definition) is 4. The molecule has 10 heteroatoms. The standard InChI is InChI=1S/C20H21F3N4O3/c1-26(2)18(28)13-6-8-15(9-7-13)27(19(29)20(21,22)23)10-11-30-16-5-3-4-14(12-16)17(24)25/h3-9,12H,10-11H2,1-2H3,(H3,24,25). The highest BCUT2D eigenvalue weighted by atomic mass is 19.4. The van der Waals surface area contributed by atoms with Gasteiger partial charge in [0.25, 0.3) is 5.91 Å². The monoisotopic (exact) mass is 422 g/mol. The maximum atomic E-state index is 13.1. The number of nitrogens with one attached hydrogen (secondary N) is 1. The van der Waals surface area contributed by atoms with Gasteiger partial charge in [-0.1, -0.05) is 12.1 Å². The van der Waals surface area contributed by atoms with E-state index >= 15 is 0 Å². The van der Waals surface area contributed by atoms with Gasteiger partial charge in [-0.15, -0.1) is 0 Å². The number of halogens is 3. The Labute approximate surface area is 171 Å². The Bertz CT molecular complexity index is 928. The van der Waals surface area contributed by atoms with Crippen molar-refractivity contribution in [1.29, 1.82) is 5.41 Å². The van der Waals surface area contributed by atoms with Crippen LogP contribution in [0.15, 0.2) is 48.5 Å². The molecule has 0 aromatic heterocycles. The average molecular weight is 422 g/mol. The predicted molar refractivity (Wildman–Crippen MR) is 106 cm³/mol. The van der Waals surface area contributed by atoms with E-state index in [2.05, 4.69) is 0 Å². The quantitative estimate of drug-likeness (QED) is 0.529. The number of amidine groups is 1. The lowest BCUT2D eigenvalue weighted by molar-refractivity contribution is -0.170. The van der Waals surface area contributed by atoms with Crippen LogP contribution in [0.2, 0.25) is 0 Å². The summed E-state index contributed by atoms with van der Waals surface area (Å²) in [6.45, 7) is -0.620. The van der Waals surface area contributed by atoms with Crippen molar-refractivity contribution in [3.05, 3.63) is 59.7 Å². The van der Waals surface area contributed by atoms with Crippen molar-refractivity contribution in [1.82, 2.24) is 4.90 Å². The summed E-state index contributed by atoms with van der Waals surface area (Å²) in [7, 11) is 3.10. The van der Waals surface area contributed by atoms with Gasteiger partial charge in [-0.3, -0.25) is 15.0 Å². The molecule has 0 heterocycles. The van der Waals surface area contributed by atoms with Crippen LogP contribution in [0.3, 0.4) is 0 Å². The van der Waals surface area contributed by atoms with Crippen LogP contribution in [-0.2, 0) is 4.79 Å². The third-order valence-corrected chi connectivity index (χ3v) is 4.05. The number of amides is 2. The number of nitrogens with two attached hydrogens (primary N) is 1. The van der Waals surface area contributed by atoms with Crippen LogP contribution < -0.4 is 15.4 Å². The number of nitrogen functional groups attached to an aromatic ring is 1. The molecule has 0 fully saturated rings. The molecule has 7 nitrogen and oxygen atoms in total. The van der Waals surface area contributed by atoms with Crippen molar-refractivity contribution in [3.63, 3.8) is 0 Å². The molecule has 30 heavy (non-hydrogen) atoms. The fourth-order valence-corrected chi connectivity index (χ4v) is 2.55. The third kappa shape index (κ3) is 5.72. The number of benzene rings is 2. The highest BCUT2D eigenvalue weighted by molar-refractivity contribution is 5.98. The normalized spacial score (nSPS) is 11.0. The van der Waals surface area contributed by atoms with Gasteiger partial charge in [0, 0.05) is 30.9 Å².